The van der Waals surface area contributed by atoms with Gasteiger partial charge in [0, 0.05) is 28.9 Å². The molecule has 1 aliphatic heterocycles. The maximum Gasteiger partial charge on any atom is 0.257 e. The van der Waals surface area contributed by atoms with Gasteiger partial charge in [-0.25, -0.2) is 9.37 Å². The van der Waals surface area contributed by atoms with Crippen molar-refractivity contribution in [3.05, 3.63) is 62.8 Å². The van der Waals surface area contributed by atoms with Crippen LogP contribution in [0.15, 0.2) is 45.5 Å². The summed E-state index contributed by atoms with van der Waals surface area (Å²) in [7, 11) is 0. The van der Waals surface area contributed by atoms with E-state index in [9.17, 15) is 14.0 Å². The summed E-state index contributed by atoms with van der Waals surface area (Å²) >= 11 is 1.52. The van der Waals surface area contributed by atoms with Crippen LogP contribution in [0.25, 0.3) is 0 Å². The number of anilines is 1. The normalized spacial score (nSPS) is 19.7. The largest absolute Gasteiger partial charge is 0.343 e. The quantitative estimate of drug-likeness (QED) is 0.590. The number of ketones is 1. The van der Waals surface area contributed by atoms with E-state index in [1.54, 1.807) is 12.1 Å². The van der Waals surface area contributed by atoms with Gasteiger partial charge in [0.05, 0.1) is 5.56 Å². The Morgan fingerprint density at radius 1 is 1.25 bits per heavy atom. The fourth-order valence-corrected chi connectivity index (χ4v) is 4.60. The highest BCUT2D eigenvalue weighted by atomic mass is 32.2. The standard InChI is InChI=1S/C21H22FN3O2S/c1-3-11(2)28-21-24-19-18(20(27)25-21)16(12-7-9-13(22)10-8-12)17-14(23-19)5-4-6-15(17)26/h7-11,16H,3-6H2,1-2H3,(H2,23,24,25,27)/t11-,16-/m0/s1. The van der Waals surface area contributed by atoms with Gasteiger partial charge in [-0.05, 0) is 37.0 Å². The molecule has 1 aliphatic carbocycles. The highest BCUT2D eigenvalue weighted by Crippen LogP contribution is 2.43. The lowest BCUT2D eigenvalue weighted by molar-refractivity contribution is -0.116. The van der Waals surface area contributed by atoms with E-state index in [1.165, 1.54) is 23.9 Å². The molecule has 2 heterocycles. The van der Waals surface area contributed by atoms with E-state index < -0.39 is 5.92 Å². The number of aromatic nitrogens is 2. The number of benzene rings is 1. The fraction of sp³-hybridized carbons (Fsp3) is 0.381. The molecule has 0 bridgehead atoms. The fourth-order valence-electron chi connectivity index (χ4n) is 3.76. The Kier molecular flexibility index (Phi) is 5.10. The first-order chi connectivity index (χ1) is 13.5. The van der Waals surface area contributed by atoms with E-state index in [0.717, 1.165) is 30.5 Å². The number of carbonyl (C=O) groups excluding carboxylic acids is 1. The number of hydrogen-bond acceptors (Lipinski definition) is 5. The first-order valence-electron chi connectivity index (χ1n) is 9.57. The van der Waals surface area contributed by atoms with Gasteiger partial charge in [-0.2, -0.15) is 0 Å². The number of halogens is 1. The zero-order chi connectivity index (χ0) is 19.8. The van der Waals surface area contributed by atoms with Crippen molar-refractivity contribution in [2.24, 2.45) is 0 Å². The molecule has 28 heavy (non-hydrogen) atoms. The SMILES string of the molecule is CC[C@H](C)Sc1nc2c(c(=O)[nH]1)[C@@H](c1ccc(F)cc1)C1=C(CCCC1=O)N2. The van der Waals surface area contributed by atoms with E-state index >= 15 is 0 Å². The lowest BCUT2D eigenvalue weighted by atomic mass is 9.76. The second kappa shape index (κ2) is 7.54. The van der Waals surface area contributed by atoms with Gasteiger partial charge < -0.3 is 10.3 Å². The van der Waals surface area contributed by atoms with Crippen LogP contribution >= 0.6 is 11.8 Å². The second-order valence-electron chi connectivity index (χ2n) is 7.25. The number of aromatic amines is 1. The first-order valence-corrected chi connectivity index (χ1v) is 10.5. The topological polar surface area (TPSA) is 74.8 Å². The van der Waals surface area contributed by atoms with Crippen molar-refractivity contribution < 1.29 is 9.18 Å². The Morgan fingerprint density at radius 3 is 2.71 bits per heavy atom. The summed E-state index contributed by atoms with van der Waals surface area (Å²) in [6.07, 6.45) is 2.93. The van der Waals surface area contributed by atoms with Crippen LogP contribution in [0.5, 0.6) is 0 Å². The van der Waals surface area contributed by atoms with Crippen LogP contribution in [0.3, 0.4) is 0 Å². The van der Waals surface area contributed by atoms with Crippen LogP contribution < -0.4 is 10.9 Å². The van der Waals surface area contributed by atoms with E-state index in [2.05, 4.69) is 29.1 Å². The van der Waals surface area contributed by atoms with Crippen LogP contribution in [0.4, 0.5) is 10.2 Å². The smallest absolute Gasteiger partial charge is 0.257 e. The molecule has 146 valence electrons. The predicted molar refractivity (Wildman–Crippen MR) is 108 cm³/mol. The Bertz CT molecular complexity index is 1010. The van der Waals surface area contributed by atoms with Crippen molar-refractivity contribution in [2.45, 2.75) is 55.9 Å². The lowest BCUT2D eigenvalue weighted by Gasteiger charge is -2.32. The number of Topliss-reactive ketones (excluding diaryl/α,β-unsaturated/α-hetero) is 1. The molecule has 2 aromatic rings. The molecule has 1 aromatic carbocycles. The van der Waals surface area contributed by atoms with Gasteiger partial charge in [-0.1, -0.05) is 37.7 Å². The van der Waals surface area contributed by atoms with Crippen molar-refractivity contribution >= 4 is 23.4 Å². The zero-order valence-electron chi connectivity index (χ0n) is 15.8. The van der Waals surface area contributed by atoms with Crippen LogP contribution in [0, 0.1) is 5.82 Å². The average Bonchev–Trinajstić information content (AvgIpc) is 2.67. The molecule has 0 saturated heterocycles. The van der Waals surface area contributed by atoms with Gasteiger partial charge in [0.25, 0.3) is 5.56 Å². The molecular formula is C21H22FN3O2S. The molecule has 2 aliphatic rings. The number of allylic oxidation sites excluding steroid dienone is 2. The predicted octanol–water partition coefficient (Wildman–Crippen LogP) is 4.36. The number of nitrogens with one attached hydrogen (secondary N) is 2. The zero-order valence-corrected chi connectivity index (χ0v) is 16.7. The molecule has 2 atom stereocenters. The summed E-state index contributed by atoms with van der Waals surface area (Å²) in [5.41, 5.74) is 2.33. The highest BCUT2D eigenvalue weighted by molar-refractivity contribution is 7.99. The molecule has 7 heteroatoms. The van der Waals surface area contributed by atoms with E-state index in [1.807, 2.05) is 0 Å². The second-order valence-corrected chi connectivity index (χ2v) is 8.68. The molecular weight excluding hydrogens is 377 g/mol. The Morgan fingerprint density at radius 2 is 2.00 bits per heavy atom. The summed E-state index contributed by atoms with van der Waals surface area (Å²) in [5, 5.41) is 4.14. The summed E-state index contributed by atoms with van der Waals surface area (Å²) in [6, 6.07) is 6.00. The number of fused-ring (bicyclic) bond motifs is 1. The summed E-state index contributed by atoms with van der Waals surface area (Å²) in [6.45, 7) is 4.17. The molecule has 0 unspecified atom stereocenters. The molecule has 0 fully saturated rings. The Hall–Kier alpha value is -2.41. The van der Waals surface area contributed by atoms with Gasteiger partial charge in [0.1, 0.15) is 11.6 Å². The van der Waals surface area contributed by atoms with Gasteiger partial charge in [-0.3, -0.25) is 9.59 Å². The average molecular weight is 399 g/mol. The third-order valence-corrected chi connectivity index (χ3v) is 6.48. The van der Waals surface area contributed by atoms with Crippen molar-refractivity contribution in [3.8, 4) is 0 Å². The minimum Gasteiger partial charge on any atom is -0.343 e. The maximum atomic E-state index is 13.5. The van der Waals surface area contributed by atoms with Crippen molar-refractivity contribution in [1.29, 1.82) is 0 Å². The molecule has 0 spiro atoms. The molecule has 2 N–H and O–H groups in total. The minimum atomic E-state index is -0.529. The third kappa shape index (κ3) is 3.39. The molecule has 0 radical (unpaired) electrons. The maximum absolute atomic E-state index is 13.5. The number of carbonyl (C=O) groups is 1. The van der Waals surface area contributed by atoms with Gasteiger partial charge >= 0.3 is 0 Å². The van der Waals surface area contributed by atoms with Crippen molar-refractivity contribution in [2.75, 3.05) is 5.32 Å². The van der Waals surface area contributed by atoms with Crippen molar-refractivity contribution in [3.63, 3.8) is 0 Å². The summed E-state index contributed by atoms with van der Waals surface area (Å²) in [4.78, 5) is 33.3. The Labute approximate surface area is 166 Å². The van der Waals surface area contributed by atoms with E-state index in [-0.39, 0.29) is 17.2 Å². The molecule has 5 nitrogen and oxygen atoms in total. The number of nitrogens with zero attached hydrogens (tertiary/aromatic N) is 1. The molecule has 0 amide bonds. The number of thioether (sulfide) groups is 1. The summed E-state index contributed by atoms with van der Waals surface area (Å²) < 4.78 is 13.5. The number of hydrogen-bond donors (Lipinski definition) is 2. The van der Waals surface area contributed by atoms with Crippen LogP contribution in [0.2, 0.25) is 0 Å². The van der Waals surface area contributed by atoms with Crippen LogP contribution in [0.1, 0.15) is 56.6 Å². The monoisotopic (exact) mass is 399 g/mol. The van der Waals surface area contributed by atoms with Gasteiger partial charge in [0.2, 0.25) is 0 Å². The summed E-state index contributed by atoms with van der Waals surface area (Å²) in [5.74, 6) is -0.350. The van der Waals surface area contributed by atoms with Crippen LogP contribution in [-0.4, -0.2) is 21.0 Å². The van der Waals surface area contributed by atoms with E-state index in [0.29, 0.717) is 33.8 Å². The van der Waals surface area contributed by atoms with Crippen molar-refractivity contribution in [1.82, 2.24) is 9.97 Å². The molecule has 4 rings (SSSR count). The lowest BCUT2D eigenvalue weighted by Crippen LogP contribution is -2.32. The minimum absolute atomic E-state index is 0.0335. The highest BCUT2D eigenvalue weighted by Gasteiger charge is 2.37. The first kappa shape index (κ1) is 18.9. The Balaban J connectivity index is 1.88. The molecule has 0 saturated carbocycles. The number of rotatable bonds is 4. The third-order valence-electron chi connectivity index (χ3n) is 5.33. The molecule has 1 aromatic heterocycles. The van der Waals surface area contributed by atoms with Gasteiger partial charge in [-0.15, -0.1) is 0 Å². The van der Waals surface area contributed by atoms with Gasteiger partial charge in [0.15, 0.2) is 10.9 Å². The van der Waals surface area contributed by atoms with Crippen LogP contribution in [-0.2, 0) is 4.79 Å². The van der Waals surface area contributed by atoms with E-state index in [4.69, 9.17) is 0 Å². The number of H-pyrrole nitrogens is 1.